The van der Waals surface area contributed by atoms with Crippen molar-refractivity contribution >= 4 is 23.2 Å². The maximum absolute atomic E-state index is 6.14. The quantitative estimate of drug-likeness (QED) is 0.746. The Kier molecular flexibility index (Phi) is 7.59. The third-order valence-electron chi connectivity index (χ3n) is 2.75. The van der Waals surface area contributed by atoms with E-state index in [2.05, 4.69) is 26.1 Å². The van der Waals surface area contributed by atoms with Gasteiger partial charge < -0.3 is 10.1 Å². The summed E-state index contributed by atoms with van der Waals surface area (Å²) >= 11 is 12.1. The molecule has 0 aliphatic heterocycles. The van der Waals surface area contributed by atoms with Crippen LogP contribution in [0.1, 0.15) is 33.6 Å². The molecule has 4 heteroatoms. The number of nitrogens with one attached hydrogen (secondary N) is 1. The van der Waals surface area contributed by atoms with Gasteiger partial charge in [-0.3, -0.25) is 0 Å². The first-order valence-electron chi connectivity index (χ1n) is 6.86. The van der Waals surface area contributed by atoms with E-state index in [9.17, 15) is 0 Å². The minimum atomic E-state index is 0.125. The van der Waals surface area contributed by atoms with Crippen molar-refractivity contribution < 1.29 is 4.74 Å². The van der Waals surface area contributed by atoms with Gasteiger partial charge in [-0.25, -0.2) is 0 Å². The molecule has 0 saturated heterocycles. The number of ether oxygens (including phenoxy) is 1. The Morgan fingerprint density at radius 3 is 2.58 bits per heavy atom. The lowest BCUT2D eigenvalue weighted by Gasteiger charge is -2.21. The van der Waals surface area contributed by atoms with Gasteiger partial charge in [-0.15, -0.1) is 0 Å². The smallest absolute Gasteiger partial charge is 0.139 e. The number of rotatable bonds is 8. The first-order chi connectivity index (χ1) is 9.04. The average molecular weight is 304 g/mol. The van der Waals surface area contributed by atoms with Gasteiger partial charge in [-0.1, -0.05) is 56.5 Å². The van der Waals surface area contributed by atoms with Gasteiger partial charge in [0.25, 0.3) is 0 Å². The summed E-state index contributed by atoms with van der Waals surface area (Å²) in [6.45, 7) is 8.35. The minimum absolute atomic E-state index is 0.125. The van der Waals surface area contributed by atoms with E-state index in [0.29, 0.717) is 21.7 Å². The lowest BCUT2D eigenvalue weighted by molar-refractivity contribution is 0.185. The van der Waals surface area contributed by atoms with Gasteiger partial charge in [0.2, 0.25) is 0 Å². The number of halogens is 2. The lowest BCUT2D eigenvalue weighted by Crippen LogP contribution is -2.33. The van der Waals surface area contributed by atoms with Crippen LogP contribution in [0.25, 0.3) is 0 Å². The summed E-state index contributed by atoms with van der Waals surface area (Å²) in [6.07, 6.45) is 2.19. The van der Waals surface area contributed by atoms with E-state index >= 15 is 0 Å². The highest BCUT2D eigenvalue weighted by Gasteiger charge is 2.13. The van der Waals surface area contributed by atoms with Crippen LogP contribution in [0.2, 0.25) is 10.0 Å². The van der Waals surface area contributed by atoms with E-state index in [1.165, 1.54) is 0 Å². The molecule has 1 unspecified atom stereocenters. The van der Waals surface area contributed by atoms with Crippen molar-refractivity contribution in [1.29, 1.82) is 0 Å². The van der Waals surface area contributed by atoms with E-state index < -0.39 is 0 Å². The molecule has 1 aromatic carbocycles. The second-order valence-corrected chi connectivity index (χ2v) is 5.92. The normalized spacial score (nSPS) is 12.7. The van der Waals surface area contributed by atoms with Crippen LogP contribution in [0, 0.1) is 5.92 Å². The fourth-order valence-electron chi connectivity index (χ4n) is 1.81. The monoisotopic (exact) mass is 303 g/mol. The van der Waals surface area contributed by atoms with Gasteiger partial charge in [0, 0.05) is 6.54 Å². The third kappa shape index (κ3) is 6.03. The molecule has 19 heavy (non-hydrogen) atoms. The topological polar surface area (TPSA) is 21.3 Å². The highest BCUT2D eigenvalue weighted by molar-refractivity contribution is 6.42. The lowest BCUT2D eigenvalue weighted by atomic mass is 10.2. The molecule has 0 aliphatic rings. The van der Waals surface area contributed by atoms with Crippen molar-refractivity contribution in [1.82, 2.24) is 5.32 Å². The van der Waals surface area contributed by atoms with Crippen molar-refractivity contribution in [2.45, 2.75) is 39.7 Å². The highest BCUT2D eigenvalue weighted by Crippen LogP contribution is 2.32. The molecular formula is C15H23Cl2NO. The minimum Gasteiger partial charge on any atom is -0.487 e. The summed E-state index contributed by atoms with van der Waals surface area (Å²) in [7, 11) is 0. The summed E-state index contributed by atoms with van der Waals surface area (Å²) < 4.78 is 5.97. The Morgan fingerprint density at radius 2 is 1.95 bits per heavy atom. The third-order valence-corrected chi connectivity index (χ3v) is 3.55. The molecule has 0 amide bonds. The molecule has 0 aromatic heterocycles. The number of benzene rings is 1. The molecule has 1 aromatic rings. The fraction of sp³-hybridized carbons (Fsp3) is 0.600. The van der Waals surface area contributed by atoms with Crippen LogP contribution in [-0.2, 0) is 0 Å². The van der Waals surface area contributed by atoms with Gasteiger partial charge in [0.15, 0.2) is 0 Å². The van der Waals surface area contributed by atoms with Crippen molar-refractivity contribution in [3.05, 3.63) is 28.2 Å². The predicted octanol–water partition coefficient (Wildman–Crippen LogP) is 4.79. The van der Waals surface area contributed by atoms with E-state index in [1.54, 1.807) is 6.07 Å². The van der Waals surface area contributed by atoms with E-state index in [-0.39, 0.29) is 6.10 Å². The first-order valence-corrected chi connectivity index (χ1v) is 7.61. The summed E-state index contributed by atoms with van der Waals surface area (Å²) in [4.78, 5) is 0. The maximum atomic E-state index is 6.14. The first kappa shape index (κ1) is 16.6. The van der Waals surface area contributed by atoms with Crippen LogP contribution in [0.5, 0.6) is 5.75 Å². The second kappa shape index (κ2) is 8.68. The van der Waals surface area contributed by atoms with Crippen LogP contribution in [0.3, 0.4) is 0 Å². The molecule has 0 fully saturated rings. The maximum Gasteiger partial charge on any atom is 0.139 e. The van der Waals surface area contributed by atoms with Gasteiger partial charge in [-0.2, -0.15) is 0 Å². The zero-order valence-electron chi connectivity index (χ0n) is 11.9. The SMILES string of the molecule is CCCC(CNCC(C)C)Oc1cccc(Cl)c1Cl. The van der Waals surface area contributed by atoms with Crippen LogP contribution >= 0.6 is 23.2 Å². The number of hydrogen-bond donors (Lipinski definition) is 1. The van der Waals surface area contributed by atoms with Gasteiger partial charge in [0.1, 0.15) is 16.9 Å². The second-order valence-electron chi connectivity index (χ2n) is 5.13. The molecule has 1 atom stereocenters. The average Bonchev–Trinajstić information content (AvgIpc) is 2.34. The Bertz CT molecular complexity index is 382. The summed E-state index contributed by atoms with van der Waals surface area (Å²) in [5, 5.41) is 4.45. The van der Waals surface area contributed by atoms with Gasteiger partial charge >= 0.3 is 0 Å². The molecule has 2 nitrogen and oxygen atoms in total. The van der Waals surface area contributed by atoms with Crippen LogP contribution in [0.15, 0.2) is 18.2 Å². The van der Waals surface area contributed by atoms with Gasteiger partial charge in [-0.05, 0) is 31.0 Å². The molecule has 1 N–H and O–H groups in total. The molecule has 0 saturated carbocycles. The molecule has 108 valence electrons. The summed E-state index contributed by atoms with van der Waals surface area (Å²) in [6, 6.07) is 5.48. The molecule has 0 aliphatic carbocycles. The Morgan fingerprint density at radius 1 is 1.21 bits per heavy atom. The Labute approximate surface area is 126 Å². The van der Waals surface area contributed by atoms with Crippen LogP contribution in [0.4, 0.5) is 0 Å². The molecule has 0 bridgehead atoms. The van der Waals surface area contributed by atoms with Crippen LogP contribution < -0.4 is 10.1 Å². The molecule has 0 heterocycles. The van der Waals surface area contributed by atoms with E-state index in [0.717, 1.165) is 25.9 Å². The van der Waals surface area contributed by atoms with E-state index in [1.807, 2.05) is 12.1 Å². The van der Waals surface area contributed by atoms with Crippen LogP contribution in [-0.4, -0.2) is 19.2 Å². The summed E-state index contributed by atoms with van der Waals surface area (Å²) in [5.41, 5.74) is 0. The zero-order chi connectivity index (χ0) is 14.3. The molecule has 0 radical (unpaired) electrons. The largest absolute Gasteiger partial charge is 0.487 e. The van der Waals surface area contributed by atoms with Crippen molar-refractivity contribution in [2.24, 2.45) is 5.92 Å². The number of hydrogen-bond acceptors (Lipinski definition) is 2. The standard InChI is InChI=1S/C15H23Cl2NO/c1-4-6-12(10-18-9-11(2)3)19-14-8-5-7-13(16)15(14)17/h5,7-8,11-12,18H,4,6,9-10H2,1-3H3. The fourth-order valence-corrected chi connectivity index (χ4v) is 2.15. The van der Waals surface area contributed by atoms with Crippen molar-refractivity contribution in [2.75, 3.05) is 13.1 Å². The predicted molar refractivity (Wildman–Crippen MR) is 83.5 cm³/mol. The Balaban J connectivity index is 2.59. The molecular weight excluding hydrogens is 281 g/mol. The van der Waals surface area contributed by atoms with Crippen molar-refractivity contribution in [3.63, 3.8) is 0 Å². The van der Waals surface area contributed by atoms with Gasteiger partial charge in [0.05, 0.1) is 5.02 Å². The summed E-state index contributed by atoms with van der Waals surface area (Å²) in [5.74, 6) is 1.30. The Hall–Kier alpha value is -0.440. The van der Waals surface area contributed by atoms with E-state index in [4.69, 9.17) is 27.9 Å². The van der Waals surface area contributed by atoms with Crippen molar-refractivity contribution in [3.8, 4) is 5.75 Å². The highest BCUT2D eigenvalue weighted by atomic mass is 35.5. The zero-order valence-corrected chi connectivity index (χ0v) is 13.4. The molecule has 1 rings (SSSR count). The molecule has 0 spiro atoms.